The molecular formula is C10H19NO2. The zero-order valence-corrected chi connectivity index (χ0v) is 8.71. The third kappa shape index (κ3) is 4.65. The zero-order valence-electron chi connectivity index (χ0n) is 8.71. The molecular weight excluding hydrogens is 166 g/mol. The molecule has 0 radical (unpaired) electrons. The highest BCUT2D eigenvalue weighted by molar-refractivity contribution is 6.00. The Morgan fingerprint density at radius 2 is 2.08 bits per heavy atom. The number of rotatable bonds is 6. The van der Waals surface area contributed by atoms with E-state index in [4.69, 9.17) is 5.11 Å². The van der Waals surface area contributed by atoms with Crippen LogP contribution in [-0.4, -0.2) is 23.3 Å². The van der Waals surface area contributed by atoms with Gasteiger partial charge in [-0.1, -0.05) is 20.3 Å². The molecule has 0 aliphatic heterocycles. The molecule has 0 aromatic carbocycles. The minimum atomic E-state index is -0.764. The van der Waals surface area contributed by atoms with E-state index in [1.54, 1.807) is 6.92 Å². The number of aliphatic carboxylic acids is 1. The third-order valence-corrected chi connectivity index (χ3v) is 2.08. The van der Waals surface area contributed by atoms with E-state index >= 15 is 0 Å². The number of hydrogen-bond acceptors (Lipinski definition) is 2. The SMILES string of the molecule is CCCCN=C(C)C(CC)C(=O)O. The van der Waals surface area contributed by atoms with E-state index in [9.17, 15) is 4.79 Å². The predicted molar refractivity (Wildman–Crippen MR) is 54.3 cm³/mol. The summed E-state index contributed by atoms with van der Waals surface area (Å²) in [7, 11) is 0. The Labute approximate surface area is 79.9 Å². The second-order valence-corrected chi connectivity index (χ2v) is 3.18. The van der Waals surface area contributed by atoms with Gasteiger partial charge in [-0.25, -0.2) is 0 Å². The monoisotopic (exact) mass is 185 g/mol. The Bertz CT molecular complexity index is 187. The highest BCUT2D eigenvalue weighted by atomic mass is 16.4. The van der Waals surface area contributed by atoms with Gasteiger partial charge >= 0.3 is 5.97 Å². The van der Waals surface area contributed by atoms with Gasteiger partial charge in [0.2, 0.25) is 0 Å². The summed E-state index contributed by atoms with van der Waals surface area (Å²) in [5, 5.41) is 8.82. The van der Waals surface area contributed by atoms with E-state index in [0.717, 1.165) is 25.1 Å². The summed E-state index contributed by atoms with van der Waals surface area (Å²) < 4.78 is 0. The lowest BCUT2D eigenvalue weighted by Gasteiger charge is -2.08. The number of carbonyl (C=O) groups is 1. The predicted octanol–water partition coefficient (Wildman–Crippen LogP) is 2.36. The van der Waals surface area contributed by atoms with Crippen molar-refractivity contribution in [2.45, 2.75) is 40.0 Å². The van der Waals surface area contributed by atoms with Crippen molar-refractivity contribution in [2.24, 2.45) is 10.9 Å². The Morgan fingerprint density at radius 1 is 1.46 bits per heavy atom. The minimum Gasteiger partial charge on any atom is -0.481 e. The molecule has 0 bridgehead atoms. The average Bonchev–Trinajstić information content (AvgIpc) is 2.05. The Morgan fingerprint density at radius 3 is 2.46 bits per heavy atom. The molecule has 0 amide bonds. The molecule has 0 fully saturated rings. The van der Waals surface area contributed by atoms with E-state index in [-0.39, 0.29) is 0 Å². The van der Waals surface area contributed by atoms with Crippen molar-refractivity contribution in [1.82, 2.24) is 0 Å². The maximum Gasteiger partial charge on any atom is 0.312 e. The lowest BCUT2D eigenvalue weighted by atomic mass is 10.0. The zero-order chi connectivity index (χ0) is 10.3. The third-order valence-electron chi connectivity index (χ3n) is 2.08. The van der Waals surface area contributed by atoms with Gasteiger partial charge in [0.25, 0.3) is 0 Å². The van der Waals surface area contributed by atoms with Crippen LogP contribution in [0.2, 0.25) is 0 Å². The second kappa shape index (κ2) is 6.63. The summed E-state index contributed by atoms with van der Waals surface area (Å²) in [5.74, 6) is -1.16. The first kappa shape index (κ1) is 12.1. The quantitative estimate of drug-likeness (QED) is 0.510. The summed E-state index contributed by atoms with van der Waals surface area (Å²) in [6.45, 7) is 6.53. The molecule has 0 spiro atoms. The number of carboxylic acid groups (broad SMARTS) is 1. The van der Waals surface area contributed by atoms with Crippen LogP contribution in [0, 0.1) is 5.92 Å². The first-order valence-electron chi connectivity index (χ1n) is 4.87. The summed E-state index contributed by atoms with van der Waals surface area (Å²) in [5.41, 5.74) is 0.753. The van der Waals surface area contributed by atoms with Gasteiger partial charge in [-0.15, -0.1) is 0 Å². The number of nitrogens with zero attached hydrogens (tertiary/aromatic N) is 1. The van der Waals surface area contributed by atoms with Crippen LogP contribution >= 0.6 is 0 Å². The van der Waals surface area contributed by atoms with E-state index in [2.05, 4.69) is 11.9 Å². The van der Waals surface area contributed by atoms with Crippen LogP contribution in [0.3, 0.4) is 0 Å². The topological polar surface area (TPSA) is 49.7 Å². The molecule has 0 aromatic rings. The molecule has 0 heterocycles. The van der Waals surface area contributed by atoms with Crippen molar-refractivity contribution in [1.29, 1.82) is 0 Å². The Balaban J connectivity index is 4.10. The average molecular weight is 185 g/mol. The molecule has 1 atom stereocenters. The number of carboxylic acids is 1. The highest BCUT2D eigenvalue weighted by Gasteiger charge is 2.17. The van der Waals surface area contributed by atoms with Crippen molar-refractivity contribution in [3.63, 3.8) is 0 Å². The van der Waals surface area contributed by atoms with Crippen molar-refractivity contribution in [2.75, 3.05) is 6.54 Å². The largest absolute Gasteiger partial charge is 0.481 e. The molecule has 13 heavy (non-hydrogen) atoms. The Hall–Kier alpha value is -0.860. The summed E-state index contributed by atoms with van der Waals surface area (Å²) in [6.07, 6.45) is 2.75. The lowest BCUT2D eigenvalue weighted by molar-refractivity contribution is -0.139. The molecule has 3 nitrogen and oxygen atoms in total. The molecule has 76 valence electrons. The summed E-state index contributed by atoms with van der Waals surface area (Å²) in [6, 6.07) is 0. The molecule has 0 saturated heterocycles. The number of hydrogen-bond donors (Lipinski definition) is 1. The van der Waals surface area contributed by atoms with Crippen LogP contribution in [-0.2, 0) is 4.79 Å². The maximum absolute atomic E-state index is 10.7. The summed E-state index contributed by atoms with van der Waals surface area (Å²) in [4.78, 5) is 15.0. The van der Waals surface area contributed by atoms with E-state index < -0.39 is 11.9 Å². The van der Waals surface area contributed by atoms with Crippen molar-refractivity contribution < 1.29 is 9.90 Å². The van der Waals surface area contributed by atoms with Gasteiger partial charge in [0.05, 0.1) is 5.92 Å². The van der Waals surface area contributed by atoms with Gasteiger partial charge in [-0.05, 0) is 19.8 Å². The van der Waals surface area contributed by atoms with Gasteiger partial charge < -0.3 is 5.11 Å². The molecule has 0 saturated carbocycles. The second-order valence-electron chi connectivity index (χ2n) is 3.18. The number of aliphatic imine (C=N–C) groups is 1. The first-order chi connectivity index (χ1) is 6.13. The maximum atomic E-state index is 10.7. The van der Waals surface area contributed by atoms with Crippen LogP contribution < -0.4 is 0 Å². The van der Waals surface area contributed by atoms with Crippen molar-refractivity contribution in [3.8, 4) is 0 Å². The van der Waals surface area contributed by atoms with Crippen molar-refractivity contribution in [3.05, 3.63) is 0 Å². The van der Waals surface area contributed by atoms with Crippen LogP contribution in [0.5, 0.6) is 0 Å². The molecule has 0 rings (SSSR count). The van der Waals surface area contributed by atoms with E-state index in [1.807, 2.05) is 6.92 Å². The van der Waals surface area contributed by atoms with E-state index in [1.165, 1.54) is 0 Å². The summed E-state index contributed by atoms with van der Waals surface area (Å²) >= 11 is 0. The molecule has 3 heteroatoms. The number of unbranched alkanes of at least 4 members (excludes halogenated alkanes) is 1. The van der Waals surface area contributed by atoms with Gasteiger partial charge in [0.15, 0.2) is 0 Å². The molecule has 1 unspecified atom stereocenters. The fourth-order valence-corrected chi connectivity index (χ4v) is 1.17. The molecule has 0 aliphatic rings. The first-order valence-corrected chi connectivity index (χ1v) is 4.87. The van der Waals surface area contributed by atoms with Crippen LogP contribution in [0.15, 0.2) is 4.99 Å². The van der Waals surface area contributed by atoms with Gasteiger partial charge in [-0.3, -0.25) is 9.79 Å². The van der Waals surface area contributed by atoms with Gasteiger partial charge in [0.1, 0.15) is 0 Å². The minimum absolute atomic E-state index is 0.392. The smallest absolute Gasteiger partial charge is 0.312 e. The highest BCUT2D eigenvalue weighted by Crippen LogP contribution is 2.06. The van der Waals surface area contributed by atoms with Gasteiger partial charge in [-0.2, -0.15) is 0 Å². The molecule has 0 aliphatic carbocycles. The molecule has 0 aromatic heterocycles. The van der Waals surface area contributed by atoms with Crippen molar-refractivity contribution >= 4 is 11.7 Å². The van der Waals surface area contributed by atoms with Gasteiger partial charge in [0, 0.05) is 12.3 Å². The normalized spacial score (nSPS) is 14.2. The lowest BCUT2D eigenvalue weighted by Crippen LogP contribution is -2.21. The Kier molecular flexibility index (Phi) is 6.20. The molecule has 1 N–H and O–H groups in total. The fourth-order valence-electron chi connectivity index (χ4n) is 1.17. The van der Waals surface area contributed by atoms with Crippen LogP contribution in [0.25, 0.3) is 0 Å². The fraction of sp³-hybridized carbons (Fsp3) is 0.800. The van der Waals surface area contributed by atoms with Crippen LogP contribution in [0.4, 0.5) is 0 Å². The van der Waals surface area contributed by atoms with E-state index in [0.29, 0.717) is 6.42 Å². The van der Waals surface area contributed by atoms with Crippen LogP contribution in [0.1, 0.15) is 40.0 Å². The standard InChI is InChI=1S/C10H19NO2/c1-4-6-7-11-8(3)9(5-2)10(12)13/h9H,4-7H2,1-3H3,(H,12,13).